The standard InChI is InChI=1S/C12H22N4O2/c13-11(17)8-16-6-3-9(4-7-16)15-12(18)10-2-1-5-14-10/h9-10,14H,1-8H2,(H2,13,17)(H,15,18)/t10-/m0/s1. The zero-order valence-corrected chi connectivity index (χ0v) is 10.7. The van der Waals surface area contributed by atoms with Gasteiger partial charge in [0.05, 0.1) is 12.6 Å². The Labute approximate surface area is 107 Å². The average Bonchev–Trinajstić information content (AvgIpc) is 2.84. The van der Waals surface area contributed by atoms with E-state index in [9.17, 15) is 9.59 Å². The molecule has 0 spiro atoms. The molecule has 0 saturated carbocycles. The van der Waals surface area contributed by atoms with Gasteiger partial charge in [-0.15, -0.1) is 0 Å². The number of hydrogen-bond acceptors (Lipinski definition) is 4. The fourth-order valence-electron chi connectivity index (χ4n) is 2.67. The Bertz CT molecular complexity index is 307. The molecule has 0 radical (unpaired) electrons. The minimum absolute atomic E-state index is 0.00588. The molecular formula is C12H22N4O2. The summed E-state index contributed by atoms with van der Waals surface area (Å²) in [5, 5.41) is 6.29. The van der Waals surface area contributed by atoms with Crippen LogP contribution in [-0.4, -0.2) is 55.0 Å². The summed E-state index contributed by atoms with van der Waals surface area (Å²) in [5.41, 5.74) is 5.16. The van der Waals surface area contributed by atoms with Crippen LogP contribution in [0.4, 0.5) is 0 Å². The van der Waals surface area contributed by atoms with E-state index in [4.69, 9.17) is 5.73 Å². The number of hydrogen-bond donors (Lipinski definition) is 3. The van der Waals surface area contributed by atoms with E-state index in [1.165, 1.54) is 0 Å². The predicted molar refractivity (Wildman–Crippen MR) is 67.8 cm³/mol. The molecule has 102 valence electrons. The second-order valence-electron chi connectivity index (χ2n) is 5.17. The van der Waals surface area contributed by atoms with E-state index >= 15 is 0 Å². The van der Waals surface area contributed by atoms with Crippen LogP contribution >= 0.6 is 0 Å². The van der Waals surface area contributed by atoms with Crippen molar-refractivity contribution >= 4 is 11.8 Å². The molecule has 2 rings (SSSR count). The SMILES string of the molecule is NC(=O)CN1CCC(NC(=O)[C@@H]2CCCN2)CC1. The fourth-order valence-corrected chi connectivity index (χ4v) is 2.67. The number of nitrogens with two attached hydrogens (primary N) is 1. The van der Waals surface area contributed by atoms with Crippen molar-refractivity contribution in [3.05, 3.63) is 0 Å². The maximum Gasteiger partial charge on any atom is 0.237 e. The van der Waals surface area contributed by atoms with E-state index in [-0.39, 0.29) is 23.9 Å². The van der Waals surface area contributed by atoms with Gasteiger partial charge in [-0.25, -0.2) is 0 Å². The summed E-state index contributed by atoms with van der Waals surface area (Å²) in [5.74, 6) is -0.159. The summed E-state index contributed by atoms with van der Waals surface area (Å²) >= 11 is 0. The first-order valence-corrected chi connectivity index (χ1v) is 6.69. The number of primary amides is 1. The van der Waals surface area contributed by atoms with Crippen LogP contribution in [0.15, 0.2) is 0 Å². The molecule has 2 fully saturated rings. The summed E-state index contributed by atoms with van der Waals surface area (Å²) in [4.78, 5) is 24.8. The predicted octanol–water partition coefficient (Wildman–Crippen LogP) is -1.20. The molecular weight excluding hydrogens is 232 g/mol. The molecule has 2 aliphatic rings. The molecule has 0 aliphatic carbocycles. The maximum atomic E-state index is 11.9. The Morgan fingerprint density at radius 3 is 2.56 bits per heavy atom. The van der Waals surface area contributed by atoms with Crippen molar-refractivity contribution in [3.8, 4) is 0 Å². The van der Waals surface area contributed by atoms with Crippen LogP contribution < -0.4 is 16.4 Å². The van der Waals surface area contributed by atoms with Crippen LogP contribution in [0.2, 0.25) is 0 Å². The third kappa shape index (κ3) is 3.68. The Balaban J connectivity index is 1.69. The third-order valence-corrected chi connectivity index (χ3v) is 3.69. The molecule has 1 atom stereocenters. The molecule has 0 unspecified atom stereocenters. The minimum atomic E-state index is -0.285. The quantitative estimate of drug-likeness (QED) is 0.588. The maximum absolute atomic E-state index is 11.9. The molecule has 2 amide bonds. The van der Waals surface area contributed by atoms with Crippen LogP contribution in [0.1, 0.15) is 25.7 Å². The van der Waals surface area contributed by atoms with Crippen molar-refractivity contribution in [2.75, 3.05) is 26.2 Å². The smallest absolute Gasteiger partial charge is 0.237 e. The summed E-state index contributed by atoms with van der Waals surface area (Å²) in [6, 6.07) is 0.234. The van der Waals surface area contributed by atoms with Crippen molar-refractivity contribution in [2.45, 2.75) is 37.8 Å². The third-order valence-electron chi connectivity index (χ3n) is 3.69. The monoisotopic (exact) mass is 254 g/mol. The molecule has 2 aliphatic heterocycles. The van der Waals surface area contributed by atoms with Gasteiger partial charge < -0.3 is 16.4 Å². The number of likely N-dealkylation sites (tertiary alicyclic amines) is 1. The number of carbonyl (C=O) groups is 2. The van der Waals surface area contributed by atoms with Crippen molar-refractivity contribution in [3.63, 3.8) is 0 Å². The number of rotatable bonds is 4. The van der Waals surface area contributed by atoms with Crippen LogP contribution in [0, 0.1) is 0 Å². The van der Waals surface area contributed by atoms with Gasteiger partial charge in [-0.2, -0.15) is 0 Å². The van der Waals surface area contributed by atoms with Gasteiger partial charge in [-0.3, -0.25) is 14.5 Å². The van der Waals surface area contributed by atoms with Crippen LogP contribution in [-0.2, 0) is 9.59 Å². The molecule has 4 N–H and O–H groups in total. The lowest BCUT2D eigenvalue weighted by molar-refractivity contribution is -0.124. The summed E-state index contributed by atoms with van der Waals surface area (Å²) in [6.45, 7) is 2.91. The van der Waals surface area contributed by atoms with Gasteiger partial charge in [0.1, 0.15) is 0 Å². The summed E-state index contributed by atoms with van der Waals surface area (Å²) in [7, 11) is 0. The first-order chi connectivity index (χ1) is 8.65. The highest BCUT2D eigenvalue weighted by atomic mass is 16.2. The number of nitrogens with one attached hydrogen (secondary N) is 2. The minimum Gasteiger partial charge on any atom is -0.369 e. The van der Waals surface area contributed by atoms with Gasteiger partial charge in [0, 0.05) is 19.1 Å². The summed E-state index contributed by atoms with van der Waals surface area (Å²) in [6.07, 6.45) is 3.80. The zero-order chi connectivity index (χ0) is 13.0. The van der Waals surface area contributed by atoms with E-state index in [2.05, 4.69) is 10.6 Å². The van der Waals surface area contributed by atoms with Gasteiger partial charge in [-0.1, -0.05) is 0 Å². The fraction of sp³-hybridized carbons (Fsp3) is 0.833. The average molecular weight is 254 g/mol. The second-order valence-corrected chi connectivity index (χ2v) is 5.17. The number of nitrogens with zero attached hydrogens (tertiary/aromatic N) is 1. The van der Waals surface area contributed by atoms with Crippen molar-refractivity contribution < 1.29 is 9.59 Å². The zero-order valence-electron chi connectivity index (χ0n) is 10.7. The highest BCUT2D eigenvalue weighted by molar-refractivity contribution is 5.82. The highest BCUT2D eigenvalue weighted by Crippen LogP contribution is 2.11. The van der Waals surface area contributed by atoms with E-state index < -0.39 is 0 Å². The molecule has 18 heavy (non-hydrogen) atoms. The Morgan fingerprint density at radius 2 is 2.00 bits per heavy atom. The molecule has 6 nitrogen and oxygen atoms in total. The lowest BCUT2D eigenvalue weighted by Gasteiger charge is -2.32. The first kappa shape index (κ1) is 13.3. The van der Waals surface area contributed by atoms with E-state index in [0.29, 0.717) is 6.54 Å². The lowest BCUT2D eigenvalue weighted by atomic mass is 10.0. The van der Waals surface area contributed by atoms with Crippen LogP contribution in [0.25, 0.3) is 0 Å². The van der Waals surface area contributed by atoms with Gasteiger partial charge >= 0.3 is 0 Å². The van der Waals surface area contributed by atoms with E-state index in [1.807, 2.05) is 4.90 Å². The topological polar surface area (TPSA) is 87.5 Å². The second kappa shape index (κ2) is 6.15. The van der Waals surface area contributed by atoms with Crippen molar-refractivity contribution in [1.29, 1.82) is 0 Å². The molecule has 0 aromatic rings. The highest BCUT2D eigenvalue weighted by Gasteiger charge is 2.26. The van der Waals surface area contributed by atoms with Gasteiger partial charge in [-0.05, 0) is 32.2 Å². The van der Waals surface area contributed by atoms with E-state index in [1.54, 1.807) is 0 Å². The molecule has 6 heteroatoms. The largest absolute Gasteiger partial charge is 0.369 e. The molecule has 0 bridgehead atoms. The van der Waals surface area contributed by atoms with Gasteiger partial charge in [0.15, 0.2) is 0 Å². The number of amides is 2. The molecule has 0 aromatic carbocycles. The lowest BCUT2D eigenvalue weighted by Crippen LogP contribution is -2.50. The Kier molecular flexibility index (Phi) is 4.54. The van der Waals surface area contributed by atoms with Gasteiger partial charge in [0.2, 0.25) is 11.8 Å². The van der Waals surface area contributed by atoms with E-state index in [0.717, 1.165) is 45.3 Å². The number of carbonyl (C=O) groups excluding carboxylic acids is 2. The van der Waals surface area contributed by atoms with Crippen LogP contribution in [0.5, 0.6) is 0 Å². The molecule has 2 heterocycles. The first-order valence-electron chi connectivity index (χ1n) is 6.69. The van der Waals surface area contributed by atoms with Crippen LogP contribution in [0.3, 0.4) is 0 Å². The normalized spacial score (nSPS) is 26.1. The van der Waals surface area contributed by atoms with Gasteiger partial charge in [0.25, 0.3) is 0 Å². The van der Waals surface area contributed by atoms with Crippen molar-refractivity contribution in [2.24, 2.45) is 5.73 Å². The Hall–Kier alpha value is -1.14. The molecule has 0 aromatic heterocycles. The number of piperidine rings is 1. The molecule has 2 saturated heterocycles. The summed E-state index contributed by atoms with van der Waals surface area (Å²) < 4.78 is 0. The van der Waals surface area contributed by atoms with Crippen molar-refractivity contribution in [1.82, 2.24) is 15.5 Å². The Morgan fingerprint density at radius 1 is 1.28 bits per heavy atom.